The minimum absolute atomic E-state index is 0.0132. The van der Waals surface area contributed by atoms with Crippen molar-refractivity contribution < 1.29 is 9.59 Å². The average molecular weight is 481 g/mol. The zero-order valence-corrected chi connectivity index (χ0v) is 20.8. The maximum atomic E-state index is 13.2. The molecule has 4 nitrogen and oxygen atoms in total. The van der Waals surface area contributed by atoms with Crippen LogP contribution in [0.5, 0.6) is 0 Å². The Morgan fingerprint density at radius 1 is 1.10 bits per heavy atom. The molecule has 31 heavy (non-hydrogen) atoms. The molecule has 168 valence electrons. The van der Waals surface area contributed by atoms with Gasteiger partial charge >= 0.3 is 0 Å². The van der Waals surface area contributed by atoms with Crippen LogP contribution in [0.3, 0.4) is 0 Å². The molecule has 1 atom stereocenters. The molecule has 1 unspecified atom stereocenters. The Balaban J connectivity index is 2.13. The van der Waals surface area contributed by atoms with Gasteiger partial charge in [-0.15, -0.1) is 11.8 Å². The SMILES string of the molecule is CCC(C(=O)NC(C)C)N(Cc1ccc(C)cc1)C(=O)CSCc1ccc(Cl)cc1Cl. The predicted octanol–water partition coefficient (Wildman–Crippen LogP) is 5.87. The van der Waals surface area contributed by atoms with Gasteiger partial charge in [-0.2, -0.15) is 0 Å². The summed E-state index contributed by atoms with van der Waals surface area (Å²) in [5.41, 5.74) is 3.08. The minimum Gasteiger partial charge on any atom is -0.352 e. The molecular weight excluding hydrogens is 451 g/mol. The number of rotatable bonds is 10. The molecular formula is C24H30Cl2N2O2S. The molecule has 0 spiro atoms. The number of aryl methyl sites for hydroxylation is 1. The number of carbonyl (C=O) groups is 2. The first-order valence-corrected chi connectivity index (χ1v) is 12.3. The minimum atomic E-state index is -0.518. The number of nitrogens with zero attached hydrogens (tertiary/aromatic N) is 1. The Bertz CT molecular complexity index is 888. The Morgan fingerprint density at radius 2 is 1.77 bits per heavy atom. The van der Waals surface area contributed by atoms with Crippen molar-refractivity contribution in [3.05, 3.63) is 69.2 Å². The summed E-state index contributed by atoms with van der Waals surface area (Å²) in [5, 5.41) is 4.12. The Labute approximate surface area is 199 Å². The summed E-state index contributed by atoms with van der Waals surface area (Å²) in [5.74, 6) is 0.663. The normalized spacial score (nSPS) is 12.0. The lowest BCUT2D eigenvalue weighted by Crippen LogP contribution is -2.50. The number of carbonyl (C=O) groups excluding carboxylic acids is 2. The molecule has 7 heteroatoms. The van der Waals surface area contributed by atoms with Gasteiger partial charge < -0.3 is 10.2 Å². The summed E-state index contributed by atoms with van der Waals surface area (Å²) in [7, 11) is 0. The van der Waals surface area contributed by atoms with Gasteiger partial charge in [-0.05, 0) is 50.5 Å². The maximum absolute atomic E-state index is 13.2. The van der Waals surface area contributed by atoms with Crippen molar-refractivity contribution in [3.63, 3.8) is 0 Å². The molecule has 0 bridgehead atoms. The number of amides is 2. The van der Waals surface area contributed by atoms with E-state index in [0.29, 0.717) is 28.8 Å². The fourth-order valence-electron chi connectivity index (χ4n) is 3.16. The first-order valence-electron chi connectivity index (χ1n) is 10.4. The molecule has 0 fully saturated rings. The Morgan fingerprint density at radius 3 is 2.35 bits per heavy atom. The quantitative estimate of drug-likeness (QED) is 0.462. The molecule has 0 saturated carbocycles. The molecule has 2 amide bonds. The van der Waals surface area contributed by atoms with E-state index in [-0.39, 0.29) is 23.6 Å². The van der Waals surface area contributed by atoms with Crippen LogP contribution in [0.4, 0.5) is 0 Å². The highest BCUT2D eigenvalue weighted by Crippen LogP contribution is 2.25. The van der Waals surface area contributed by atoms with Crippen LogP contribution in [-0.2, 0) is 21.9 Å². The van der Waals surface area contributed by atoms with Gasteiger partial charge in [0.15, 0.2) is 0 Å². The van der Waals surface area contributed by atoms with Crippen molar-refractivity contribution in [3.8, 4) is 0 Å². The fourth-order valence-corrected chi connectivity index (χ4v) is 4.63. The first-order chi connectivity index (χ1) is 14.7. The van der Waals surface area contributed by atoms with Crippen molar-refractivity contribution in [2.45, 2.75) is 58.5 Å². The zero-order valence-electron chi connectivity index (χ0n) is 18.5. The largest absolute Gasteiger partial charge is 0.352 e. The monoisotopic (exact) mass is 480 g/mol. The van der Waals surface area contributed by atoms with E-state index >= 15 is 0 Å². The Kier molecular flexibility index (Phi) is 10.2. The second-order valence-corrected chi connectivity index (χ2v) is 9.65. The molecule has 0 aliphatic heterocycles. The van der Waals surface area contributed by atoms with Crippen LogP contribution in [0.1, 0.15) is 43.9 Å². The second kappa shape index (κ2) is 12.4. The molecule has 1 N–H and O–H groups in total. The van der Waals surface area contributed by atoms with Crippen molar-refractivity contribution in [2.75, 3.05) is 5.75 Å². The van der Waals surface area contributed by atoms with E-state index in [4.69, 9.17) is 23.2 Å². The molecule has 0 saturated heterocycles. The van der Waals surface area contributed by atoms with Gasteiger partial charge in [0.2, 0.25) is 11.8 Å². The van der Waals surface area contributed by atoms with E-state index in [9.17, 15) is 9.59 Å². The lowest BCUT2D eigenvalue weighted by molar-refractivity contribution is -0.139. The molecule has 2 aromatic rings. The standard InChI is InChI=1S/C24H30Cl2N2O2S/c1-5-22(24(30)27-16(2)3)28(13-18-8-6-17(4)7-9-18)23(29)15-31-14-19-10-11-20(25)12-21(19)26/h6-12,16,22H,5,13-15H2,1-4H3,(H,27,30). The summed E-state index contributed by atoms with van der Waals surface area (Å²) in [6.45, 7) is 8.19. The van der Waals surface area contributed by atoms with Gasteiger partial charge in [0.1, 0.15) is 6.04 Å². The van der Waals surface area contributed by atoms with Gasteiger partial charge in [0.05, 0.1) is 5.75 Å². The summed E-state index contributed by atoms with van der Waals surface area (Å²) in [6, 6.07) is 12.9. The summed E-state index contributed by atoms with van der Waals surface area (Å²) in [6.07, 6.45) is 0.545. The molecule has 2 rings (SSSR count). The van der Waals surface area contributed by atoms with Crippen LogP contribution in [0.2, 0.25) is 10.0 Å². The van der Waals surface area contributed by atoms with Crippen LogP contribution >= 0.6 is 35.0 Å². The summed E-state index contributed by atoms with van der Waals surface area (Å²) >= 11 is 13.7. The number of benzene rings is 2. The predicted molar refractivity (Wildman–Crippen MR) is 132 cm³/mol. The smallest absolute Gasteiger partial charge is 0.243 e. The Hall–Kier alpha value is -1.69. The van der Waals surface area contributed by atoms with Crippen LogP contribution < -0.4 is 5.32 Å². The van der Waals surface area contributed by atoms with Crippen molar-refractivity contribution in [2.24, 2.45) is 0 Å². The topological polar surface area (TPSA) is 49.4 Å². The third kappa shape index (κ3) is 8.06. The maximum Gasteiger partial charge on any atom is 0.243 e. The molecule has 0 aliphatic carbocycles. The highest BCUT2D eigenvalue weighted by molar-refractivity contribution is 7.99. The van der Waals surface area contributed by atoms with Gasteiger partial charge in [-0.25, -0.2) is 0 Å². The van der Waals surface area contributed by atoms with E-state index in [0.717, 1.165) is 16.7 Å². The van der Waals surface area contributed by atoms with E-state index in [1.165, 1.54) is 11.8 Å². The van der Waals surface area contributed by atoms with Crippen molar-refractivity contribution in [1.29, 1.82) is 0 Å². The van der Waals surface area contributed by atoms with E-state index in [1.807, 2.05) is 58.0 Å². The highest BCUT2D eigenvalue weighted by Gasteiger charge is 2.28. The number of hydrogen-bond donors (Lipinski definition) is 1. The third-order valence-electron chi connectivity index (χ3n) is 4.79. The van der Waals surface area contributed by atoms with Gasteiger partial charge in [-0.3, -0.25) is 9.59 Å². The molecule has 2 aromatic carbocycles. The number of halogens is 2. The van der Waals surface area contributed by atoms with Gasteiger partial charge in [-0.1, -0.05) is 66.0 Å². The second-order valence-electron chi connectivity index (χ2n) is 7.82. The lowest BCUT2D eigenvalue weighted by atomic mass is 10.1. The van der Waals surface area contributed by atoms with Crippen molar-refractivity contribution in [1.82, 2.24) is 10.2 Å². The van der Waals surface area contributed by atoms with E-state index in [1.54, 1.807) is 17.0 Å². The van der Waals surface area contributed by atoms with Crippen LogP contribution in [-0.4, -0.2) is 34.6 Å². The van der Waals surface area contributed by atoms with E-state index < -0.39 is 6.04 Å². The number of hydrogen-bond acceptors (Lipinski definition) is 3. The first kappa shape index (κ1) is 25.6. The molecule has 0 radical (unpaired) electrons. The summed E-state index contributed by atoms with van der Waals surface area (Å²) in [4.78, 5) is 27.7. The van der Waals surface area contributed by atoms with E-state index in [2.05, 4.69) is 5.32 Å². The third-order valence-corrected chi connectivity index (χ3v) is 6.34. The molecule has 0 aliphatic rings. The van der Waals surface area contributed by atoms with Crippen LogP contribution in [0.15, 0.2) is 42.5 Å². The molecule has 0 heterocycles. The van der Waals surface area contributed by atoms with Crippen LogP contribution in [0, 0.1) is 6.92 Å². The van der Waals surface area contributed by atoms with Gasteiger partial charge in [0, 0.05) is 28.4 Å². The summed E-state index contributed by atoms with van der Waals surface area (Å²) < 4.78 is 0. The fraction of sp³-hybridized carbons (Fsp3) is 0.417. The zero-order chi connectivity index (χ0) is 23.0. The molecule has 0 aromatic heterocycles. The lowest BCUT2D eigenvalue weighted by Gasteiger charge is -2.31. The van der Waals surface area contributed by atoms with Gasteiger partial charge in [0.25, 0.3) is 0 Å². The number of thioether (sulfide) groups is 1. The van der Waals surface area contributed by atoms with Crippen molar-refractivity contribution >= 4 is 46.8 Å². The average Bonchev–Trinajstić information content (AvgIpc) is 2.70. The number of nitrogens with one attached hydrogen (secondary N) is 1. The van der Waals surface area contributed by atoms with Crippen LogP contribution in [0.25, 0.3) is 0 Å². The highest BCUT2D eigenvalue weighted by atomic mass is 35.5.